The fraction of sp³-hybridized carbons (Fsp3) is 0.370. The molecule has 0 aliphatic carbocycles. The van der Waals surface area contributed by atoms with E-state index in [2.05, 4.69) is 0 Å². The summed E-state index contributed by atoms with van der Waals surface area (Å²) in [7, 11) is 0. The molecule has 2 atom stereocenters. The minimum atomic E-state index is -1.79. The Morgan fingerprint density at radius 1 is 1.06 bits per heavy atom. The number of hydrogen-bond acceptors (Lipinski definition) is 7. The molecular weight excluding hydrogens is 464 g/mol. The summed E-state index contributed by atoms with van der Waals surface area (Å²) in [5.74, 6) is -1.66. The fourth-order valence-corrected chi connectivity index (χ4v) is 5.76. The number of aliphatic hydroxyl groups excluding tert-OH is 1. The zero-order valence-corrected chi connectivity index (χ0v) is 19.9. The number of fused-ring (bicyclic) bond motifs is 3. The van der Waals surface area contributed by atoms with E-state index >= 15 is 0 Å². The lowest BCUT2D eigenvalue weighted by Gasteiger charge is -2.35. The molecule has 4 aliphatic rings. The quantitative estimate of drug-likeness (QED) is 0.399. The molecular formula is C27H26N2O7. The van der Waals surface area contributed by atoms with Crippen LogP contribution in [-0.2, 0) is 24.7 Å². The van der Waals surface area contributed by atoms with E-state index in [-0.39, 0.29) is 23.8 Å². The highest BCUT2D eigenvalue weighted by Crippen LogP contribution is 2.54. The number of hydrogen-bond donors (Lipinski definition) is 1. The standard InChI is InChI=1S/C27H26N2O7/c1-2-28-19-8-4-3-7-18(19)27(26(28)33)22(24(31)25(32)29(27)15-17-6-5-11-34-17)23(30)16-9-10-20-21(14-16)36-13-12-35-20/h3-4,7-10,14,17,30H,2,5-6,11-13,15H2,1H3/b23-22-/t17-,27+/m0/s1. The van der Waals surface area contributed by atoms with Gasteiger partial charge in [-0.05, 0) is 44.0 Å². The van der Waals surface area contributed by atoms with Crippen LogP contribution in [0, 0.1) is 0 Å². The first-order valence-electron chi connectivity index (χ1n) is 12.2. The highest BCUT2D eigenvalue weighted by Gasteiger charge is 2.67. The second kappa shape index (κ2) is 8.37. The van der Waals surface area contributed by atoms with Crippen LogP contribution in [0.5, 0.6) is 11.5 Å². The van der Waals surface area contributed by atoms with E-state index in [0.717, 1.165) is 6.42 Å². The number of benzene rings is 2. The van der Waals surface area contributed by atoms with Gasteiger partial charge in [0, 0.05) is 30.8 Å². The van der Waals surface area contributed by atoms with E-state index < -0.39 is 28.9 Å². The Labute approximate surface area is 207 Å². The molecule has 9 nitrogen and oxygen atoms in total. The summed E-state index contributed by atoms with van der Waals surface area (Å²) in [6.07, 6.45) is 1.25. The van der Waals surface area contributed by atoms with E-state index in [4.69, 9.17) is 14.2 Å². The average molecular weight is 491 g/mol. The molecule has 186 valence electrons. The number of likely N-dealkylation sites (tertiary alicyclic amines) is 1. The predicted molar refractivity (Wildman–Crippen MR) is 129 cm³/mol. The molecule has 1 spiro atoms. The van der Waals surface area contributed by atoms with Crippen LogP contribution in [0.4, 0.5) is 5.69 Å². The SMILES string of the molecule is CCN1C(=O)[C@]2(/C(=C(\O)c3ccc4c(c3)OCCO4)C(=O)C(=O)N2C[C@@H]2CCCO2)c2ccccc21. The number of carbonyl (C=O) groups is 3. The van der Waals surface area contributed by atoms with Gasteiger partial charge in [-0.3, -0.25) is 14.4 Å². The Hall–Kier alpha value is -3.85. The number of ether oxygens (including phenoxy) is 3. The van der Waals surface area contributed by atoms with Crippen LogP contribution in [0.15, 0.2) is 48.0 Å². The first-order chi connectivity index (χ1) is 17.5. The third-order valence-electron chi connectivity index (χ3n) is 7.35. The smallest absolute Gasteiger partial charge is 0.296 e. The van der Waals surface area contributed by atoms with E-state index in [1.165, 1.54) is 4.90 Å². The number of aliphatic hydroxyl groups is 1. The lowest BCUT2D eigenvalue weighted by Crippen LogP contribution is -2.53. The van der Waals surface area contributed by atoms with Gasteiger partial charge in [0.15, 0.2) is 17.0 Å². The van der Waals surface area contributed by atoms with Crippen LogP contribution < -0.4 is 14.4 Å². The molecule has 1 N–H and O–H groups in total. The largest absolute Gasteiger partial charge is 0.507 e. The summed E-state index contributed by atoms with van der Waals surface area (Å²) in [6, 6.07) is 11.9. The number of para-hydroxylation sites is 1. The number of Topliss-reactive ketones (excluding diaryl/α,β-unsaturated/α-hetero) is 1. The van der Waals surface area contributed by atoms with Crippen LogP contribution >= 0.6 is 0 Å². The molecule has 2 saturated heterocycles. The first kappa shape index (κ1) is 22.6. The maximum absolute atomic E-state index is 14.2. The molecule has 2 fully saturated rings. The van der Waals surface area contributed by atoms with Crippen molar-refractivity contribution >= 4 is 29.0 Å². The molecule has 0 aromatic heterocycles. The topological polar surface area (TPSA) is 106 Å². The van der Waals surface area contributed by atoms with Gasteiger partial charge in [-0.2, -0.15) is 0 Å². The molecule has 4 heterocycles. The lowest BCUT2D eigenvalue weighted by molar-refractivity contribution is -0.145. The summed E-state index contributed by atoms with van der Waals surface area (Å²) in [6.45, 7) is 3.56. The lowest BCUT2D eigenvalue weighted by atomic mass is 9.81. The molecule has 0 bridgehead atoms. The minimum Gasteiger partial charge on any atom is -0.507 e. The molecule has 2 amide bonds. The van der Waals surface area contributed by atoms with E-state index in [0.29, 0.717) is 55.5 Å². The third-order valence-corrected chi connectivity index (χ3v) is 7.35. The second-order valence-electron chi connectivity index (χ2n) is 9.24. The van der Waals surface area contributed by atoms with Crippen molar-refractivity contribution in [3.63, 3.8) is 0 Å². The van der Waals surface area contributed by atoms with Crippen molar-refractivity contribution in [3.05, 3.63) is 59.2 Å². The van der Waals surface area contributed by atoms with Gasteiger partial charge in [0.2, 0.25) is 0 Å². The molecule has 0 radical (unpaired) electrons. The monoisotopic (exact) mass is 490 g/mol. The number of amides is 2. The van der Waals surface area contributed by atoms with Crippen molar-refractivity contribution in [3.8, 4) is 11.5 Å². The van der Waals surface area contributed by atoms with Crippen LogP contribution in [0.2, 0.25) is 0 Å². The number of likely N-dealkylation sites (N-methyl/N-ethyl adjacent to an activating group) is 1. The summed E-state index contributed by atoms with van der Waals surface area (Å²) in [4.78, 5) is 44.3. The molecule has 6 rings (SSSR count). The highest BCUT2D eigenvalue weighted by molar-refractivity contribution is 6.50. The maximum atomic E-state index is 14.2. The Balaban J connectivity index is 1.59. The number of carbonyl (C=O) groups excluding carboxylic acids is 3. The van der Waals surface area contributed by atoms with Crippen molar-refractivity contribution in [2.24, 2.45) is 0 Å². The number of anilines is 1. The maximum Gasteiger partial charge on any atom is 0.296 e. The normalized spacial score (nSPS) is 26.2. The molecule has 0 saturated carbocycles. The van der Waals surface area contributed by atoms with Crippen molar-refractivity contribution in [1.29, 1.82) is 0 Å². The molecule has 4 aliphatic heterocycles. The molecule has 2 aromatic rings. The van der Waals surface area contributed by atoms with Crippen LogP contribution in [0.25, 0.3) is 5.76 Å². The van der Waals surface area contributed by atoms with E-state index in [1.807, 2.05) is 6.92 Å². The molecule has 36 heavy (non-hydrogen) atoms. The average Bonchev–Trinajstić information content (AvgIpc) is 3.56. The summed E-state index contributed by atoms with van der Waals surface area (Å²) in [5.41, 5.74) is -0.667. The van der Waals surface area contributed by atoms with Gasteiger partial charge in [-0.15, -0.1) is 0 Å². The summed E-state index contributed by atoms with van der Waals surface area (Å²) >= 11 is 0. The third kappa shape index (κ3) is 3.02. The Kier molecular flexibility index (Phi) is 5.26. The Bertz CT molecular complexity index is 1310. The Morgan fingerprint density at radius 2 is 1.83 bits per heavy atom. The summed E-state index contributed by atoms with van der Waals surface area (Å²) in [5, 5.41) is 11.6. The fourth-order valence-electron chi connectivity index (χ4n) is 5.76. The molecule has 2 aromatic carbocycles. The predicted octanol–water partition coefficient (Wildman–Crippen LogP) is 2.58. The zero-order chi connectivity index (χ0) is 25.0. The van der Waals surface area contributed by atoms with Crippen molar-refractivity contribution < 1.29 is 33.7 Å². The van der Waals surface area contributed by atoms with Gasteiger partial charge in [-0.1, -0.05) is 18.2 Å². The second-order valence-corrected chi connectivity index (χ2v) is 9.24. The van der Waals surface area contributed by atoms with E-state index in [9.17, 15) is 19.5 Å². The first-order valence-corrected chi connectivity index (χ1v) is 12.2. The van der Waals surface area contributed by atoms with Crippen molar-refractivity contribution in [2.75, 3.05) is 37.8 Å². The van der Waals surface area contributed by atoms with Gasteiger partial charge in [0.25, 0.3) is 17.6 Å². The van der Waals surface area contributed by atoms with Crippen molar-refractivity contribution in [2.45, 2.75) is 31.4 Å². The summed E-state index contributed by atoms with van der Waals surface area (Å²) < 4.78 is 17.0. The van der Waals surface area contributed by atoms with Crippen LogP contribution in [-0.4, -0.2) is 66.6 Å². The molecule has 0 unspecified atom stereocenters. The van der Waals surface area contributed by atoms with Gasteiger partial charge in [-0.25, -0.2) is 0 Å². The highest BCUT2D eigenvalue weighted by atomic mass is 16.6. The van der Waals surface area contributed by atoms with Gasteiger partial charge >= 0.3 is 0 Å². The van der Waals surface area contributed by atoms with Crippen LogP contribution in [0.3, 0.4) is 0 Å². The van der Waals surface area contributed by atoms with Crippen molar-refractivity contribution in [1.82, 2.24) is 4.90 Å². The Morgan fingerprint density at radius 3 is 2.58 bits per heavy atom. The minimum absolute atomic E-state index is 0.0696. The van der Waals surface area contributed by atoms with Gasteiger partial charge in [0.05, 0.1) is 17.4 Å². The number of ketones is 1. The van der Waals surface area contributed by atoms with Crippen LogP contribution in [0.1, 0.15) is 30.9 Å². The van der Waals surface area contributed by atoms with Gasteiger partial charge in [0.1, 0.15) is 19.0 Å². The molecule has 9 heteroatoms. The van der Waals surface area contributed by atoms with E-state index in [1.54, 1.807) is 47.4 Å². The zero-order valence-electron chi connectivity index (χ0n) is 19.9. The van der Waals surface area contributed by atoms with Gasteiger partial charge < -0.3 is 29.1 Å². The number of nitrogens with zero attached hydrogens (tertiary/aromatic N) is 2. The number of rotatable bonds is 4.